The van der Waals surface area contributed by atoms with Crippen molar-refractivity contribution in [3.63, 3.8) is 0 Å². The van der Waals surface area contributed by atoms with Crippen LogP contribution in [0.5, 0.6) is 0 Å². The lowest BCUT2D eigenvalue weighted by Gasteiger charge is -2.09. The number of urea groups is 1. The Hall–Kier alpha value is -2.99. The second-order valence-corrected chi connectivity index (χ2v) is 6.94. The normalized spacial score (nSPS) is 10.7. The lowest BCUT2D eigenvalue weighted by Crippen LogP contribution is -2.36. The van der Waals surface area contributed by atoms with E-state index in [0.717, 1.165) is 22.1 Å². The summed E-state index contributed by atoms with van der Waals surface area (Å²) in [6.45, 7) is 4.37. The summed E-state index contributed by atoms with van der Waals surface area (Å²) < 4.78 is 5.76. The molecule has 0 aliphatic carbocycles. The van der Waals surface area contributed by atoms with Gasteiger partial charge in [0.25, 0.3) is 0 Å². The molecule has 3 rings (SSSR count). The van der Waals surface area contributed by atoms with E-state index in [1.165, 1.54) is 0 Å². The summed E-state index contributed by atoms with van der Waals surface area (Å²) in [4.78, 5) is 24.0. The maximum Gasteiger partial charge on any atom is 0.315 e. The summed E-state index contributed by atoms with van der Waals surface area (Å²) in [5.74, 6) is 0.488. The van der Waals surface area contributed by atoms with Crippen molar-refractivity contribution >= 4 is 40.2 Å². The molecule has 0 saturated heterocycles. The highest BCUT2D eigenvalue weighted by Gasteiger charge is 2.11. The first kappa shape index (κ1) is 19.8. The lowest BCUT2D eigenvalue weighted by atomic mass is 10.1. The summed E-state index contributed by atoms with van der Waals surface area (Å²) >= 11 is 6.10. The Labute approximate surface area is 168 Å². The van der Waals surface area contributed by atoms with Gasteiger partial charge in [0.05, 0.1) is 17.3 Å². The number of hydrogen-bond donors (Lipinski definition) is 3. The van der Waals surface area contributed by atoms with Crippen molar-refractivity contribution in [3.05, 3.63) is 64.4 Å². The van der Waals surface area contributed by atoms with Crippen LogP contribution in [0.2, 0.25) is 5.02 Å². The molecule has 3 N–H and O–H groups in total. The molecule has 0 atom stereocenters. The molecule has 28 heavy (non-hydrogen) atoms. The first-order valence-electron chi connectivity index (χ1n) is 8.99. The van der Waals surface area contributed by atoms with Gasteiger partial charge in [0, 0.05) is 23.9 Å². The highest BCUT2D eigenvalue weighted by atomic mass is 35.5. The quantitative estimate of drug-likeness (QED) is 0.569. The van der Waals surface area contributed by atoms with Gasteiger partial charge >= 0.3 is 6.03 Å². The summed E-state index contributed by atoms with van der Waals surface area (Å²) in [7, 11) is 0. The molecule has 0 aliphatic rings. The van der Waals surface area contributed by atoms with Crippen molar-refractivity contribution in [2.45, 2.75) is 26.8 Å². The van der Waals surface area contributed by atoms with E-state index in [-0.39, 0.29) is 31.4 Å². The highest BCUT2D eigenvalue weighted by molar-refractivity contribution is 6.33. The number of nitrogens with one attached hydrogen (secondary N) is 3. The van der Waals surface area contributed by atoms with Crippen LogP contribution in [0.4, 0.5) is 10.5 Å². The van der Waals surface area contributed by atoms with Crippen molar-refractivity contribution in [1.82, 2.24) is 10.6 Å². The standard InChI is InChI=1S/C21H22ClN3O3/c1-13-7-8-17(16(22)11-13)25-20(26)9-10-23-21(27)24-12-19-14(2)15-5-3-4-6-18(15)28-19/h3-8,11H,9-10,12H2,1-2H3,(H,25,26)(H2,23,24,27). The minimum absolute atomic E-state index is 0.140. The molecule has 0 unspecified atom stereocenters. The van der Waals surface area contributed by atoms with E-state index in [4.69, 9.17) is 16.0 Å². The maximum absolute atomic E-state index is 12.0. The van der Waals surface area contributed by atoms with E-state index in [1.54, 1.807) is 12.1 Å². The molecule has 0 bridgehead atoms. The molecule has 1 heterocycles. The summed E-state index contributed by atoms with van der Waals surface area (Å²) in [6.07, 6.45) is 0.140. The second kappa shape index (κ2) is 8.80. The third kappa shape index (κ3) is 4.84. The van der Waals surface area contributed by atoms with Gasteiger partial charge in [0.15, 0.2) is 0 Å². The third-order valence-electron chi connectivity index (χ3n) is 4.39. The number of fused-ring (bicyclic) bond motifs is 1. The van der Waals surface area contributed by atoms with E-state index in [1.807, 2.05) is 44.2 Å². The van der Waals surface area contributed by atoms with Gasteiger partial charge in [0.2, 0.25) is 5.91 Å². The minimum atomic E-state index is -0.360. The molecule has 6 nitrogen and oxygen atoms in total. The Kier molecular flexibility index (Phi) is 6.21. The van der Waals surface area contributed by atoms with Gasteiger partial charge in [0.1, 0.15) is 11.3 Å². The van der Waals surface area contributed by atoms with Gasteiger partial charge < -0.3 is 20.4 Å². The van der Waals surface area contributed by atoms with Gasteiger partial charge in [-0.15, -0.1) is 0 Å². The smallest absolute Gasteiger partial charge is 0.315 e. The lowest BCUT2D eigenvalue weighted by molar-refractivity contribution is -0.116. The number of halogens is 1. The Morgan fingerprint density at radius 1 is 1.07 bits per heavy atom. The Bertz CT molecular complexity index is 1010. The van der Waals surface area contributed by atoms with Crippen LogP contribution >= 0.6 is 11.6 Å². The van der Waals surface area contributed by atoms with Crippen LogP contribution in [-0.4, -0.2) is 18.5 Å². The van der Waals surface area contributed by atoms with E-state index in [0.29, 0.717) is 16.5 Å². The van der Waals surface area contributed by atoms with E-state index < -0.39 is 0 Å². The molecule has 0 aliphatic heterocycles. The zero-order valence-corrected chi connectivity index (χ0v) is 16.5. The van der Waals surface area contributed by atoms with Gasteiger partial charge in [-0.1, -0.05) is 35.9 Å². The number of hydrogen-bond acceptors (Lipinski definition) is 3. The zero-order valence-electron chi connectivity index (χ0n) is 15.8. The number of amides is 3. The van der Waals surface area contributed by atoms with Crippen LogP contribution in [0.1, 0.15) is 23.3 Å². The fourth-order valence-electron chi connectivity index (χ4n) is 2.84. The number of aryl methyl sites for hydroxylation is 2. The SMILES string of the molecule is Cc1ccc(NC(=O)CCNC(=O)NCc2oc3ccccc3c2C)c(Cl)c1. The van der Waals surface area contributed by atoms with Gasteiger partial charge in [-0.05, 0) is 37.6 Å². The summed E-state index contributed by atoms with van der Waals surface area (Å²) in [5, 5.41) is 9.66. The topological polar surface area (TPSA) is 83.4 Å². The van der Waals surface area contributed by atoms with Crippen molar-refractivity contribution in [2.24, 2.45) is 0 Å². The largest absolute Gasteiger partial charge is 0.459 e. The molecule has 0 fully saturated rings. The molecular weight excluding hydrogens is 378 g/mol. The molecule has 3 aromatic rings. The molecule has 146 valence electrons. The van der Waals surface area contributed by atoms with Crippen molar-refractivity contribution in [3.8, 4) is 0 Å². The van der Waals surface area contributed by atoms with Crippen molar-refractivity contribution in [2.75, 3.05) is 11.9 Å². The van der Waals surface area contributed by atoms with Crippen molar-refractivity contribution < 1.29 is 14.0 Å². The van der Waals surface area contributed by atoms with Gasteiger partial charge in [-0.25, -0.2) is 4.79 Å². The average Bonchev–Trinajstić information content (AvgIpc) is 2.98. The van der Waals surface area contributed by atoms with Crippen LogP contribution in [0.15, 0.2) is 46.9 Å². The van der Waals surface area contributed by atoms with Crippen LogP contribution in [-0.2, 0) is 11.3 Å². The monoisotopic (exact) mass is 399 g/mol. The summed E-state index contributed by atoms with van der Waals surface area (Å²) in [6, 6.07) is 12.8. The Morgan fingerprint density at radius 2 is 1.86 bits per heavy atom. The maximum atomic E-state index is 12.0. The third-order valence-corrected chi connectivity index (χ3v) is 4.70. The average molecular weight is 400 g/mol. The Morgan fingerprint density at radius 3 is 2.61 bits per heavy atom. The number of rotatable bonds is 6. The molecule has 3 amide bonds. The predicted octanol–water partition coefficient (Wildman–Crippen LogP) is 4.53. The van der Waals surface area contributed by atoms with Crippen LogP contribution in [0.25, 0.3) is 11.0 Å². The molecule has 7 heteroatoms. The minimum Gasteiger partial charge on any atom is -0.459 e. The molecule has 0 spiro atoms. The van der Waals surface area contributed by atoms with Gasteiger partial charge in [-0.3, -0.25) is 4.79 Å². The molecule has 1 aromatic heterocycles. The summed E-state index contributed by atoms with van der Waals surface area (Å²) in [5.41, 5.74) is 3.37. The first-order chi connectivity index (χ1) is 13.4. The highest BCUT2D eigenvalue weighted by Crippen LogP contribution is 2.24. The fourth-order valence-corrected chi connectivity index (χ4v) is 3.12. The van der Waals surface area contributed by atoms with Crippen LogP contribution in [0.3, 0.4) is 0 Å². The first-order valence-corrected chi connectivity index (χ1v) is 9.36. The number of anilines is 1. The molecule has 2 aromatic carbocycles. The zero-order chi connectivity index (χ0) is 20.1. The number of carbonyl (C=O) groups excluding carboxylic acids is 2. The van der Waals surface area contributed by atoms with Crippen LogP contribution in [0, 0.1) is 13.8 Å². The van der Waals surface area contributed by atoms with E-state index in [2.05, 4.69) is 16.0 Å². The van der Waals surface area contributed by atoms with E-state index >= 15 is 0 Å². The van der Waals surface area contributed by atoms with Gasteiger partial charge in [-0.2, -0.15) is 0 Å². The predicted molar refractivity (Wildman–Crippen MR) is 111 cm³/mol. The molecular formula is C21H22ClN3O3. The second-order valence-electron chi connectivity index (χ2n) is 6.54. The number of furan rings is 1. The number of carbonyl (C=O) groups is 2. The number of para-hydroxylation sites is 1. The Balaban J connectivity index is 1.42. The molecule has 0 radical (unpaired) electrons. The fraction of sp³-hybridized carbons (Fsp3) is 0.238. The van der Waals surface area contributed by atoms with Crippen LogP contribution < -0.4 is 16.0 Å². The van der Waals surface area contributed by atoms with Crippen molar-refractivity contribution in [1.29, 1.82) is 0 Å². The number of benzene rings is 2. The van der Waals surface area contributed by atoms with E-state index in [9.17, 15) is 9.59 Å². The molecule has 0 saturated carbocycles.